The minimum Gasteiger partial charge on any atom is -0.393 e. The van der Waals surface area contributed by atoms with Crippen molar-refractivity contribution in [3.63, 3.8) is 0 Å². The van der Waals surface area contributed by atoms with Gasteiger partial charge in [-0.2, -0.15) is 4.98 Å². The van der Waals surface area contributed by atoms with Gasteiger partial charge in [0.25, 0.3) is 0 Å². The van der Waals surface area contributed by atoms with Crippen LogP contribution in [-0.4, -0.2) is 54.3 Å². The maximum Gasteiger partial charge on any atom is 0.240 e. The number of nitrogens with zero attached hydrogens (tertiary/aromatic N) is 4. The van der Waals surface area contributed by atoms with Gasteiger partial charge in [-0.25, -0.2) is 13.9 Å². The predicted octanol–water partition coefficient (Wildman–Crippen LogP) is -1.19. The number of alkyl halides is 1. The summed E-state index contributed by atoms with van der Waals surface area (Å²) in [6, 6.07) is 0. The molecule has 1 aliphatic heterocycles. The lowest BCUT2D eigenvalue weighted by atomic mass is 9.98. The summed E-state index contributed by atoms with van der Waals surface area (Å²) in [6.07, 6.45) is -3.05. The number of fused-ring (bicyclic) bond motifs is 1. The number of imidazole rings is 1. The van der Waals surface area contributed by atoms with Crippen LogP contribution in [0.3, 0.4) is 0 Å². The van der Waals surface area contributed by atoms with Gasteiger partial charge >= 0.3 is 0 Å². The summed E-state index contributed by atoms with van der Waals surface area (Å²) in [7, 11) is 0. The van der Waals surface area contributed by atoms with Crippen molar-refractivity contribution in [3.8, 4) is 0 Å². The van der Waals surface area contributed by atoms with E-state index in [1.165, 1.54) is 17.6 Å². The van der Waals surface area contributed by atoms with Crippen LogP contribution in [0.2, 0.25) is 0 Å². The molecule has 0 unspecified atom stereocenters. The summed E-state index contributed by atoms with van der Waals surface area (Å²) in [6.45, 7) is 0.895. The van der Waals surface area contributed by atoms with Gasteiger partial charge in [-0.1, -0.05) is 0 Å². The Labute approximate surface area is 118 Å². The van der Waals surface area contributed by atoms with Crippen molar-refractivity contribution in [2.45, 2.75) is 30.9 Å². The lowest BCUT2D eigenvalue weighted by Crippen LogP contribution is -2.42. The third-order valence-electron chi connectivity index (χ3n) is 3.65. The molecule has 3 heterocycles. The molecule has 9 nitrogen and oxygen atoms in total. The van der Waals surface area contributed by atoms with E-state index in [0.717, 1.165) is 0 Å². The molecule has 2 aromatic heterocycles. The van der Waals surface area contributed by atoms with Gasteiger partial charge in [0, 0.05) is 0 Å². The normalized spacial score (nSPS) is 32.9. The summed E-state index contributed by atoms with van der Waals surface area (Å²) in [5.74, 6) is -0.0502. The first-order chi connectivity index (χ1) is 9.87. The Kier molecular flexibility index (Phi) is 2.97. The number of ether oxygens (including phenoxy) is 1. The fraction of sp³-hybridized carbons (Fsp3) is 0.545. The van der Waals surface area contributed by atoms with Crippen LogP contribution in [0.1, 0.15) is 18.7 Å². The van der Waals surface area contributed by atoms with Gasteiger partial charge in [-0.15, -0.1) is 5.10 Å². The average molecular weight is 298 g/mol. The highest BCUT2D eigenvalue weighted by Gasteiger charge is 2.53. The zero-order chi connectivity index (χ0) is 15.4. The van der Waals surface area contributed by atoms with E-state index >= 15 is 0 Å². The molecule has 114 valence electrons. The number of anilines is 2. The molecular weight excluding hydrogens is 283 g/mol. The third kappa shape index (κ3) is 1.91. The van der Waals surface area contributed by atoms with Gasteiger partial charge < -0.3 is 26.4 Å². The maximum atomic E-state index is 14.3. The second-order valence-electron chi connectivity index (χ2n) is 5.17. The van der Waals surface area contributed by atoms with E-state index in [1.807, 2.05) is 0 Å². The zero-order valence-corrected chi connectivity index (χ0v) is 11.1. The van der Waals surface area contributed by atoms with Crippen LogP contribution in [-0.2, 0) is 4.74 Å². The third-order valence-corrected chi connectivity index (χ3v) is 3.65. The average Bonchev–Trinajstić information content (AvgIpc) is 2.95. The first-order valence-corrected chi connectivity index (χ1v) is 6.25. The first-order valence-electron chi connectivity index (χ1n) is 6.25. The van der Waals surface area contributed by atoms with Crippen LogP contribution in [0.25, 0.3) is 5.65 Å². The Balaban J connectivity index is 2.10. The van der Waals surface area contributed by atoms with Crippen molar-refractivity contribution in [1.29, 1.82) is 0 Å². The van der Waals surface area contributed by atoms with E-state index in [9.17, 15) is 14.6 Å². The van der Waals surface area contributed by atoms with Gasteiger partial charge in [0.15, 0.2) is 17.6 Å². The Bertz CT molecular complexity index is 694. The summed E-state index contributed by atoms with van der Waals surface area (Å²) >= 11 is 0. The molecule has 0 spiro atoms. The molecule has 0 amide bonds. The molecule has 3 rings (SSSR count). The highest BCUT2D eigenvalue weighted by atomic mass is 19.1. The number of aromatic nitrogens is 4. The minimum absolute atomic E-state index is 0.0487. The lowest BCUT2D eigenvalue weighted by molar-refractivity contribution is -0.100. The fourth-order valence-corrected chi connectivity index (χ4v) is 2.41. The molecule has 0 aromatic carbocycles. The van der Waals surface area contributed by atoms with Crippen molar-refractivity contribution in [1.82, 2.24) is 19.6 Å². The number of aliphatic hydroxyl groups excluding tert-OH is 2. The number of halogens is 1. The van der Waals surface area contributed by atoms with Gasteiger partial charge in [-0.3, -0.25) is 0 Å². The quantitative estimate of drug-likeness (QED) is 0.541. The van der Waals surface area contributed by atoms with Crippen molar-refractivity contribution in [2.24, 2.45) is 0 Å². The summed E-state index contributed by atoms with van der Waals surface area (Å²) in [5, 5.41) is 23.1. The molecule has 1 aliphatic rings. The van der Waals surface area contributed by atoms with Crippen molar-refractivity contribution >= 4 is 17.4 Å². The topological polar surface area (TPSA) is 145 Å². The van der Waals surface area contributed by atoms with Crippen LogP contribution in [0.5, 0.6) is 0 Å². The first kappa shape index (κ1) is 13.9. The molecule has 4 atom stereocenters. The van der Waals surface area contributed by atoms with E-state index in [4.69, 9.17) is 16.2 Å². The maximum absolute atomic E-state index is 14.3. The van der Waals surface area contributed by atoms with Gasteiger partial charge in [0.05, 0.1) is 18.5 Å². The van der Waals surface area contributed by atoms with Crippen LogP contribution < -0.4 is 11.5 Å². The van der Waals surface area contributed by atoms with Crippen molar-refractivity contribution in [2.75, 3.05) is 18.1 Å². The number of rotatable bonds is 2. The predicted molar refractivity (Wildman–Crippen MR) is 69.8 cm³/mol. The molecule has 1 saturated heterocycles. The van der Waals surface area contributed by atoms with E-state index in [1.54, 1.807) is 0 Å². The summed E-state index contributed by atoms with van der Waals surface area (Å²) in [5.41, 5.74) is 10.2. The number of hydrogen-bond acceptors (Lipinski definition) is 8. The van der Waals surface area contributed by atoms with Crippen molar-refractivity contribution < 1.29 is 19.3 Å². The van der Waals surface area contributed by atoms with E-state index in [0.29, 0.717) is 0 Å². The Hall–Kier alpha value is -2.04. The van der Waals surface area contributed by atoms with Crippen LogP contribution in [0, 0.1) is 0 Å². The number of aliphatic hydroxyl groups is 2. The van der Waals surface area contributed by atoms with E-state index < -0.39 is 30.6 Å². The molecule has 10 heteroatoms. The second-order valence-corrected chi connectivity index (χ2v) is 5.17. The molecular formula is C11H15FN6O3. The Morgan fingerprint density at radius 3 is 2.86 bits per heavy atom. The van der Waals surface area contributed by atoms with Crippen molar-refractivity contribution in [3.05, 3.63) is 11.9 Å². The second kappa shape index (κ2) is 4.48. The molecule has 0 aliphatic carbocycles. The van der Waals surface area contributed by atoms with Gasteiger partial charge in [0.1, 0.15) is 17.8 Å². The van der Waals surface area contributed by atoms with E-state index in [-0.39, 0.29) is 23.1 Å². The fourth-order valence-electron chi connectivity index (χ4n) is 2.41. The standard InChI is InChI=1S/C11H15FN6O3/c1-11(3-19)7(20)5(12)6(21-11)4-2-15-9-8(13)16-10(14)17-18(4)9/h2,5-7,19-20H,3H2,1H3,(H4,13,14,16,17)/t5-,6-,7-,11+/m0/s1. The van der Waals surface area contributed by atoms with Gasteiger partial charge in [0.2, 0.25) is 5.95 Å². The Morgan fingerprint density at radius 2 is 2.24 bits per heavy atom. The van der Waals surface area contributed by atoms with Crippen LogP contribution in [0.4, 0.5) is 16.2 Å². The number of nitrogens with two attached hydrogens (primary N) is 2. The highest BCUT2D eigenvalue weighted by Crippen LogP contribution is 2.41. The van der Waals surface area contributed by atoms with Gasteiger partial charge in [-0.05, 0) is 6.92 Å². The van der Waals surface area contributed by atoms with Crippen LogP contribution in [0.15, 0.2) is 6.20 Å². The van der Waals surface area contributed by atoms with E-state index in [2.05, 4.69) is 15.1 Å². The molecule has 0 radical (unpaired) electrons. The molecule has 2 aromatic rings. The highest BCUT2D eigenvalue weighted by molar-refractivity contribution is 5.60. The SMILES string of the molecule is C[C@]1(CO)O[C@@H](c2cnc3c(N)nc(N)nn23)[C@H](F)[C@@H]1O. The Morgan fingerprint density at radius 1 is 1.52 bits per heavy atom. The molecule has 21 heavy (non-hydrogen) atoms. The monoisotopic (exact) mass is 298 g/mol. The lowest BCUT2D eigenvalue weighted by Gasteiger charge is -2.24. The number of nitrogen functional groups attached to an aromatic ring is 2. The minimum atomic E-state index is -1.75. The largest absolute Gasteiger partial charge is 0.393 e. The molecule has 6 N–H and O–H groups in total. The molecule has 1 fully saturated rings. The summed E-state index contributed by atoms with van der Waals surface area (Å²) < 4.78 is 21.0. The number of hydrogen-bond donors (Lipinski definition) is 4. The summed E-state index contributed by atoms with van der Waals surface area (Å²) in [4.78, 5) is 7.76. The zero-order valence-electron chi connectivity index (χ0n) is 11.1. The smallest absolute Gasteiger partial charge is 0.240 e. The van der Waals surface area contributed by atoms with Crippen LogP contribution >= 0.6 is 0 Å². The molecule has 0 bridgehead atoms. The molecule has 0 saturated carbocycles.